The maximum Gasteiger partial charge on any atom is 0.191 e. The molecule has 4 aromatic rings. The molecule has 9 heteroatoms. The molecule has 0 atom stereocenters. The third kappa shape index (κ3) is 6.46. The van der Waals surface area contributed by atoms with E-state index in [4.69, 9.17) is 14.1 Å². The van der Waals surface area contributed by atoms with Crippen LogP contribution in [0, 0.1) is 0 Å². The minimum atomic E-state index is 0. The SMILES string of the molecule is COc1ccc(CCNC(=NCc2nnc3ccccn23)NCCc2ccco2)cc1.I. The van der Waals surface area contributed by atoms with Crippen LogP contribution in [0.3, 0.4) is 0 Å². The molecule has 1 aromatic carbocycles. The summed E-state index contributed by atoms with van der Waals surface area (Å²) >= 11 is 0. The van der Waals surface area contributed by atoms with E-state index in [9.17, 15) is 0 Å². The van der Waals surface area contributed by atoms with Crippen molar-refractivity contribution in [3.63, 3.8) is 0 Å². The fourth-order valence-corrected chi connectivity index (χ4v) is 3.20. The van der Waals surface area contributed by atoms with Crippen LogP contribution in [0.25, 0.3) is 5.65 Å². The summed E-state index contributed by atoms with van der Waals surface area (Å²) in [7, 11) is 1.67. The van der Waals surface area contributed by atoms with Crippen LogP contribution in [-0.2, 0) is 19.4 Å². The lowest BCUT2D eigenvalue weighted by Crippen LogP contribution is -2.39. The maximum atomic E-state index is 5.41. The van der Waals surface area contributed by atoms with E-state index in [2.05, 4.69) is 33.0 Å². The number of benzene rings is 1. The van der Waals surface area contributed by atoms with Crippen LogP contribution in [0.5, 0.6) is 5.75 Å². The van der Waals surface area contributed by atoms with Gasteiger partial charge in [0.15, 0.2) is 17.4 Å². The first-order valence-corrected chi connectivity index (χ1v) is 10.3. The van der Waals surface area contributed by atoms with Gasteiger partial charge in [0.2, 0.25) is 0 Å². The lowest BCUT2D eigenvalue weighted by Gasteiger charge is -2.12. The molecule has 0 radical (unpaired) electrons. The standard InChI is InChI=1S/C23H26N6O2.HI/c1-30-19-9-7-18(8-10-19)11-13-24-23(25-14-12-20-5-4-16-31-20)26-17-22-28-27-21-6-2-3-15-29(21)22;/h2-10,15-16H,11-14,17H2,1H3,(H2,24,25,26);1H. The Morgan fingerprint density at radius 1 is 1.00 bits per heavy atom. The maximum absolute atomic E-state index is 5.41. The fourth-order valence-electron chi connectivity index (χ4n) is 3.20. The van der Waals surface area contributed by atoms with Crippen molar-refractivity contribution in [1.82, 2.24) is 25.2 Å². The van der Waals surface area contributed by atoms with Gasteiger partial charge in [-0.25, -0.2) is 4.99 Å². The first kappa shape index (κ1) is 23.6. The second kappa shape index (κ2) is 12.1. The van der Waals surface area contributed by atoms with E-state index >= 15 is 0 Å². The van der Waals surface area contributed by atoms with Crippen molar-refractivity contribution in [3.8, 4) is 5.75 Å². The number of nitrogens with one attached hydrogen (secondary N) is 2. The molecule has 0 bridgehead atoms. The van der Waals surface area contributed by atoms with Gasteiger partial charge >= 0.3 is 0 Å². The Balaban J connectivity index is 0.00000289. The summed E-state index contributed by atoms with van der Waals surface area (Å²) in [5.74, 6) is 3.32. The number of nitrogens with zero attached hydrogens (tertiary/aromatic N) is 4. The Labute approximate surface area is 204 Å². The van der Waals surface area contributed by atoms with Gasteiger partial charge in [-0.1, -0.05) is 18.2 Å². The van der Waals surface area contributed by atoms with Gasteiger partial charge in [0.25, 0.3) is 0 Å². The summed E-state index contributed by atoms with van der Waals surface area (Å²) in [6.45, 7) is 1.88. The average Bonchev–Trinajstić information content (AvgIpc) is 3.47. The molecule has 0 aliphatic carbocycles. The van der Waals surface area contributed by atoms with E-state index in [0.29, 0.717) is 13.1 Å². The van der Waals surface area contributed by atoms with E-state index in [0.717, 1.165) is 48.3 Å². The Kier molecular flexibility index (Phi) is 8.90. The van der Waals surface area contributed by atoms with Crippen molar-refractivity contribution in [1.29, 1.82) is 0 Å². The number of guanidine groups is 1. The number of ether oxygens (including phenoxy) is 1. The van der Waals surface area contributed by atoms with Crippen molar-refractivity contribution >= 4 is 35.6 Å². The molecule has 0 fully saturated rings. The van der Waals surface area contributed by atoms with Gasteiger partial charge in [0.05, 0.1) is 13.4 Å². The summed E-state index contributed by atoms with van der Waals surface area (Å²) in [4.78, 5) is 4.71. The van der Waals surface area contributed by atoms with Crippen LogP contribution in [0.15, 0.2) is 76.5 Å². The second-order valence-corrected chi connectivity index (χ2v) is 6.99. The monoisotopic (exact) mass is 546 g/mol. The molecule has 0 spiro atoms. The summed E-state index contributed by atoms with van der Waals surface area (Å²) in [6.07, 6.45) is 5.28. The topological polar surface area (TPSA) is 89.0 Å². The number of aliphatic imine (C=N–C) groups is 1. The van der Waals surface area contributed by atoms with Crippen molar-refractivity contribution in [2.24, 2.45) is 4.99 Å². The predicted octanol–water partition coefficient (Wildman–Crippen LogP) is 3.47. The van der Waals surface area contributed by atoms with Crippen molar-refractivity contribution in [2.75, 3.05) is 20.2 Å². The first-order chi connectivity index (χ1) is 15.3. The van der Waals surface area contributed by atoms with Gasteiger partial charge < -0.3 is 19.8 Å². The lowest BCUT2D eigenvalue weighted by atomic mass is 10.1. The first-order valence-electron chi connectivity index (χ1n) is 10.3. The number of hydrogen-bond acceptors (Lipinski definition) is 5. The molecule has 8 nitrogen and oxygen atoms in total. The summed E-state index contributed by atoms with van der Waals surface area (Å²) in [5, 5.41) is 15.2. The number of aromatic nitrogens is 3. The number of furan rings is 1. The third-order valence-corrected chi connectivity index (χ3v) is 4.87. The highest BCUT2D eigenvalue weighted by atomic mass is 127. The molecule has 3 heterocycles. The van der Waals surface area contributed by atoms with Gasteiger partial charge in [-0.3, -0.25) is 4.40 Å². The molecular weight excluding hydrogens is 519 g/mol. The zero-order valence-corrected chi connectivity index (χ0v) is 20.2. The van der Waals surface area contributed by atoms with Crippen LogP contribution in [0.4, 0.5) is 0 Å². The van der Waals surface area contributed by atoms with Gasteiger partial charge in [-0.2, -0.15) is 0 Å². The van der Waals surface area contributed by atoms with E-state index in [1.165, 1.54) is 5.56 Å². The molecule has 168 valence electrons. The number of methoxy groups -OCH3 is 1. The molecule has 4 rings (SSSR count). The largest absolute Gasteiger partial charge is 0.497 e. The van der Waals surface area contributed by atoms with Crippen molar-refractivity contribution in [3.05, 3.63) is 84.2 Å². The predicted molar refractivity (Wildman–Crippen MR) is 135 cm³/mol. The van der Waals surface area contributed by atoms with E-state index in [-0.39, 0.29) is 24.0 Å². The minimum Gasteiger partial charge on any atom is -0.497 e. The Hall–Kier alpha value is -3.08. The van der Waals surface area contributed by atoms with Crippen LogP contribution in [-0.4, -0.2) is 40.8 Å². The molecule has 0 unspecified atom stereocenters. The number of fused-ring (bicyclic) bond motifs is 1. The molecule has 3 aromatic heterocycles. The molecule has 0 saturated heterocycles. The number of pyridine rings is 1. The van der Waals surface area contributed by atoms with Crippen LogP contribution >= 0.6 is 24.0 Å². The van der Waals surface area contributed by atoms with Crippen molar-refractivity contribution < 1.29 is 9.15 Å². The highest BCUT2D eigenvalue weighted by Gasteiger charge is 2.06. The van der Waals surface area contributed by atoms with Crippen LogP contribution in [0.2, 0.25) is 0 Å². The number of hydrogen-bond donors (Lipinski definition) is 2. The molecule has 0 saturated carbocycles. The minimum absolute atomic E-state index is 0. The van der Waals surface area contributed by atoms with Crippen LogP contribution in [0.1, 0.15) is 17.1 Å². The van der Waals surface area contributed by atoms with E-state index < -0.39 is 0 Å². The summed E-state index contributed by atoms with van der Waals surface area (Å²) in [5.41, 5.74) is 2.04. The smallest absolute Gasteiger partial charge is 0.191 e. The van der Waals surface area contributed by atoms with Gasteiger partial charge in [0.1, 0.15) is 18.1 Å². The highest BCUT2D eigenvalue weighted by molar-refractivity contribution is 14.0. The molecular formula is C23H27IN6O2. The summed E-state index contributed by atoms with van der Waals surface area (Å²) < 4.78 is 12.6. The molecule has 32 heavy (non-hydrogen) atoms. The zero-order valence-electron chi connectivity index (χ0n) is 17.9. The van der Waals surface area contributed by atoms with Gasteiger partial charge in [-0.05, 0) is 48.4 Å². The third-order valence-electron chi connectivity index (χ3n) is 4.87. The molecule has 2 N–H and O–H groups in total. The Morgan fingerprint density at radius 3 is 2.56 bits per heavy atom. The Bertz CT molecular complexity index is 1110. The quantitative estimate of drug-likeness (QED) is 0.190. The van der Waals surface area contributed by atoms with Crippen LogP contribution < -0.4 is 15.4 Å². The highest BCUT2D eigenvalue weighted by Crippen LogP contribution is 2.11. The molecule has 0 aliphatic rings. The average molecular weight is 546 g/mol. The van der Waals surface area contributed by atoms with E-state index in [1.807, 2.05) is 53.1 Å². The molecule has 0 aliphatic heterocycles. The second-order valence-electron chi connectivity index (χ2n) is 6.99. The Morgan fingerprint density at radius 2 is 1.81 bits per heavy atom. The van der Waals surface area contributed by atoms with Crippen molar-refractivity contribution in [2.45, 2.75) is 19.4 Å². The number of halogens is 1. The van der Waals surface area contributed by atoms with Gasteiger partial charge in [-0.15, -0.1) is 34.2 Å². The van der Waals surface area contributed by atoms with E-state index in [1.54, 1.807) is 13.4 Å². The molecule has 0 amide bonds. The lowest BCUT2D eigenvalue weighted by molar-refractivity contribution is 0.414. The van der Waals surface area contributed by atoms with Gasteiger partial charge in [0, 0.05) is 25.7 Å². The fraction of sp³-hybridized carbons (Fsp3) is 0.261. The zero-order chi connectivity index (χ0) is 21.3. The number of rotatable bonds is 9. The normalized spacial score (nSPS) is 11.2. The summed E-state index contributed by atoms with van der Waals surface area (Å²) in [6, 6.07) is 17.8.